The molecule has 0 saturated heterocycles. The van der Waals surface area contributed by atoms with Crippen molar-refractivity contribution in [2.24, 2.45) is 0 Å². The van der Waals surface area contributed by atoms with Gasteiger partial charge < -0.3 is 5.32 Å². The van der Waals surface area contributed by atoms with Crippen LogP contribution in [0, 0.1) is 0 Å². The highest BCUT2D eigenvalue weighted by Crippen LogP contribution is 2.28. The lowest BCUT2D eigenvalue weighted by Gasteiger charge is -2.11. The third-order valence-electron chi connectivity index (χ3n) is 4.30. The molecule has 4 rings (SSSR count). The van der Waals surface area contributed by atoms with Crippen LogP contribution in [0.3, 0.4) is 0 Å². The molecular weight excluding hydrogens is 438 g/mol. The van der Waals surface area contributed by atoms with Crippen molar-refractivity contribution in [3.05, 3.63) is 93.5 Å². The predicted molar refractivity (Wildman–Crippen MR) is 115 cm³/mol. The summed E-state index contributed by atoms with van der Waals surface area (Å²) in [7, 11) is 0. The Kier molecular flexibility index (Phi) is 5.37. The van der Waals surface area contributed by atoms with Crippen molar-refractivity contribution in [1.29, 1.82) is 0 Å². The Hall–Kier alpha value is -2.76. The van der Waals surface area contributed by atoms with Gasteiger partial charge in [-0.05, 0) is 42.0 Å². The van der Waals surface area contributed by atoms with Crippen molar-refractivity contribution in [3.63, 3.8) is 0 Å². The second-order valence-corrected chi connectivity index (χ2v) is 7.54. The summed E-state index contributed by atoms with van der Waals surface area (Å²) in [5, 5.41) is 4.19. The van der Waals surface area contributed by atoms with Gasteiger partial charge in [0.25, 0.3) is 5.91 Å². The van der Waals surface area contributed by atoms with E-state index >= 15 is 0 Å². The maximum Gasteiger partial charge on any atom is 0.252 e. The van der Waals surface area contributed by atoms with Crippen LogP contribution in [0.2, 0.25) is 5.02 Å². The van der Waals surface area contributed by atoms with E-state index in [2.05, 4.69) is 31.2 Å². The molecule has 0 spiro atoms. The Morgan fingerprint density at radius 3 is 2.64 bits per heavy atom. The zero-order chi connectivity index (χ0) is 19.5. The first-order valence-electron chi connectivity index (χ1n) is 8.65. The van der Waals surface area contributed by atoms with Gasteiger partial charge in [0, 0.05) is 22.6 Å². The number of hydrogen-bond acceptors (Lipinski definition) is 3. The van der Waals surface area contributed by atoms with Crippen molar-refractivity contribution >= 4 is 44.3 Å². The van der Waals surface area contributed by atoms with Gasteiger partial charge in [0.1, 0.15) is 0 Å². The number of para-hydroxylation sites is 1. The Morgan fingerprint density at radius 1 is 1.00 bits per heavy atom. The van der Waals surface area contributed by atoms with E-state index in [0.29, 0.717) is 39.4 Å². The van der Waals surface area contributed by atoms with Gasteiger partial charge in [0.05, 0.1) is 27.5 Å². The first-order chi connectivity index (χ1) is 13.6. The lowest BCUT2D eigenvalue weighted by atomic mass is 10.1. The van der Waals surface area contributed by atoms with Crippen molar-refractivity contribution in [1.82, 2.24) is 15.3 Å². The number of aromatic nitrogens is 2. The number of fused-ring (bicyclic) bond motifs is 1. The van der Waals surface area contributed by atoms with Gasteiger partial charge in [-0.15, -0.1) is 0 Å². The molecule has 0 bridgehead atoms. The fourth-order valence-electron chi connectivity index (χ4n) is 2.97. The van der Waals surface area contributed by atoms with Gasteiger partial charge in [0.2, 0.25) is 0 Å². The molecule has 2 heterocycles. The number of carbonyl (C=O) groups excluding carboxylic acids is 1. The van der Waals surface area contributed by atoms with E-state index in [1.807, 2.05) is 54.6 Å². The molecule has 0 fully saturated rings. The minimum absolute atomic E-state index is 0.188. The Morgan fingerprint density at radius 2 is 1.86 bits per heavy atom. The molecule has 28 heavy (non-hydrogen) atoms. The minimum atomic E-state index is -0.188. The molecule has 1 amide bonds. The van der Waals surface area contributed by atoms with Crippen LogP contribution in [0.5, 0.6) is 0 Å². The van der Waals surface area contributed by atoms with E-state index < -0.39 is 0 Å². The normalized spacial score (nSPS) is 10.8. The first-order valence-corrected chi connectivity index (χ1v) is 9.82. The van der Waals surface area contributed by atoms with Crippen LogP contribution in [0.1, 0.15) is 15.9 Å². The molecule has 0 aliphatic carbocycles. The zero-order valence-electron chi connectivity index (χ0n) is 14.7. The van der Waals surface area contributed by atoms with Gasteiger partial charge in [-0.3, -0.25) is 9.78 Å². The number of halogens is 2. The summed E-state index contributed by atoms with van der Waals surface area (Å²) >= 11 is 9.81. The van der Waals surface area contributed by atoms with Crippen LogP contribution < -0.4 is 5.32 Å². The molecule has 1 N–H and O–H groups in total. The summed E-state index contributed by atoms with van der Waals surface area (Å²) in [5.74, 6) is -0.188. The molecule has 0 radical (unpaired) electrons. The number of hydrogen-bond donors (Lipinski definition) is 1. The maximum absolute atomic E-state index is 13.0. The fraction of sp³-hybridized carbons (Fsp3) is 0.0455. The number of amides is 1. The zero-order valence-corrected chi connectivity index (χ0v) is 17.0. The third-order valence-corrected chi connectivity index (χ3v) is 5.10. The molecule has 0 aliphatic rings. The van der Waals surface area contributed by atoms with Gasteiger partial charge >= 0.3 is 0 Å². The highest BCUT2D eigenvalue weighted by molar-refractivity contribution is 9.10. The smallest absolute Gasteiger partial charge is 0.252 e. The SMILES string of the molecule is O=C(NCc1cccc(Br)c1)c1cc(-c2ccccn2)nc2c(Cl)cccc12. The van der Waals surface area contributed by atoms with E-state index in [4.69, 9.17) is 11.6 Å². The van der Waals surface area contributed by atoms with E-state index in [1.54, 1.807) is 18.3 Å². The summed E-state index contributed by atoms with van der Waals surface area (Å²) < 4.78 is 0.970. The van der Waals surface area contributed by atoms with Crippen molar-refractivity contribution < 1.29 is 4.79 Å². The van der Waals surface area contributed by atoms with E-state index in [1.165, 1.54) is 0 Å². The second kappa shape index (κ2) is 8.09. The summed E-state index contributed by atoms with van der Waals surface area (Å²) in [6.45, 7) is 0.418. The average Bonchev–Trinajstić information content (AvgIpc) is 2.72. The standard InChI is InChI=1S/C22H15BrClN3O/c23-15-6-3-5-14(11-15)13-26-22(28)17-12-20(19-9-1-2-10-25-19)27-21-16(17)7-4-8-18(21)24/h1-12H,13H2,(H,26,28). The Bertz CT molecular complexity index is 1170. The molecule has 0 atom stereocenters. The molecule has 0 unspecified atom stereocenters. The number of benzene rings is 2. The van der Waals surface area contributed by atoms with Crippen LogP contribution in [0.4, 0.5) is 0 Å². The van der Waals surface area contributed by atoms with E-state index in [0.717, 1.165) is 10.0 Å². The van der Waals surface area contributed by atoms with Crippen molar-refractivity contribution in [2.45, 2.75) is 6.54 Å². The van der Waals surface area contributed by atoms with E-state index in [9.17, 15) is 4.79 Å². The molecular formula is C22H15BrClN3O. The quantitative estimate of drug-likeness (QED) is 0.436. The summed E-state index contributed by atoms with van der Waals surface area (Å²) in [5.41, 5.74) is 3.39. The highest BCUT2D eigenvalue weighted by Gasteiger charge is 2.16. The van der Waals surface area contributed by atoms with Crippen LogP contribution in [-0.4, -0.2) is 15.9 Å². The molecule has 138 valence electrons. The maximum atomic E-state index is 13.0. The molecule has 6 heteroatoms. The molecule has 2 aromatic heterocycles. The van der Waals surface area contributed by atoms with Crippen LogP contribution in [0.25, 0.3) is 22.3 Å². The number of pyridine rings is 2. The van der Waals surface area contributed by atoms with Gasteiger partial charge in [-0.25, -0.2) is 4.98 Å². The number of nitrogens with zero attached hydrogens (tertiary/aromatic N) is 2. The topological polar surface area (TPSA) is 54.9 Å². The molecule has 0 aliphatic heterocycles. The molecule has 4 aromatic rings. The number of carbonyl (C=O) groups is 1. The monoisotopic (exact) mass is 451 g/mol. The average molecular weight is 453 g/mol. The number of nitrogens with one attached hydrogen (secondary N) is 1. The Labute approximate surface area is 175 Å². The lowest BCUT2D eigenvalue weighted by molar-refractivity contribution is 0.0952. The lowest BCUT2D eigenvalue weighted by Crippen LogP contribution is -2.23. The summed E-state index contributed by atoms with van der Waals surface area (Å²) in [6, 6.07) is 20.6. The number of rotatable bonds is 4. The minimum Gasteiger partial charge on any atom is -0.348 e. The van der Waals surface area contributed by atoms with Crippen molar-refractivity contribution in [2.75, 3.05) is 0 Å². The third kappa shape index (κ3) is 3.91. The summed E-state index contributed by atoms with van der Waals surface area (Å²) in [4.78, 5) is 22.0. The largest absolute Gasteiger partial charge is 0.348 e. The van der Waals surface area contributed by atoms with E-state index in [-0.39, 0.29) is 5.91 Å². The summed E-state index contributed by atoms with van der Waals surface area (Å²) in [6.07, 6.45) is 1.70. The van der Waals surface area contributed by atoms with Gasteiger partial charge in [-0.1, -0.05) is 57.9 Å². The van der Waals surface area contributed by atoms with Crippen LogP contribution in [-0.2, 0) is 6.54 Å². The van der Waals surface area contributed by atoms with Crippen LogP contribution >= 0.6 is 27.5 Å². The predicted octanol–water partition coefficient (Wildman–Crippen LogP) is 5.64. The second-order valence-electron chi connectivity index (χ2n) is 6.22. The fourth-order valence-corrected chi connectivity index (χ4v) is 3.63. The molecule has 0 saturated carbocycles. The van der Waals surface area contributed by atoms with Gasteiger partial charge in [0.15, 0.2) is 0 Å². The molecule has 2 aromatic carbocycles. The first kappa shape index (κ1) is 18.6. The van der Waals surface area contributed by atoms with Crippen molar-refractivity contribution in [3.8, 4) is 11.4 Å². The van der Waals surface area contributed by atoms with Gasteiger partial charge in [-0.2, -0.15) is 0 Å². The Balaban J connectivity index is 1.74. The highest BCUT2D eigenvalue weighted by atomic mass is 79.9. The molecule has 4 nitrogen and oxygen atoms in total. The van der Waals surface area contributed by atoms with Crippen LogP contribution in [0.15, 0.2) is 77.4 Å².